The minimum absolute atomic E-state index is 0.382. The van der Waals surface area contributed by atoms with Crippen molar-refractivity contribution in [3.63, 3.8) is 0 Å². The van der Waals surface area contributed by atoms with Crippen molar-refractivity contribution in [3.8, 4) is 0 Å². The second-order valence-electron chi connectivity index (χ2n) is 6.35. The summed E-state index contributed by atoms with van der Waals surface area (Å²) >= 11 is 0. The molecule has 0 bridgehead atoms. The van der Waals surface area contributed by atoms with E-state index >= 15 is 0 Å². The van der Waals surface area contributed by atoms with Gasteiger partial charge in [-0.05, 0) is 18.9 Å². The molecule has 25 heavy (non-hydrogen) atoms. The third-order valence-electron chi connectivity index (χ3n) is 4.82. The Hall–Kier alpha value is -2.71. The van der Waals surface area contributed by atoms with Gasteiger partial charge in [-0.2, -0.15) is 5.10 Å². The molecule has 1 saturated heterocycles. The van der Waals surface area contributed by atoms with Crippen molar-refractivity contribution >= 4 is 28.3 Å². The number of hydrazine groups is 2. The molecule has 0 unspecified atom stereocenters. The van der Waals surface area contributed by atoms with E-state index in [1.165, 1.54) is 0 Å². The Morgan fingerprint density at radius 1 is 1.16 bits per heavy atom. The molecule has 0 radical (unpaired) electrons. The van der Waals surface area contributed by atoms with Crippen LogP contribution in [0.5, 0.6) is 0 Å². The maximum atomic E-state index is 5.57. The molecule has 8 heteroatoms. The van der Waals surface area contributed by atoms with Crippen molar-refractivity contribution in [2.75, 3.05) is 13.2 Å². The first-order valence-electron chi connectivity index (χ1n) is 8.53. The zero-order valence-corrected chi connectivity index (χ0v) is 13.7. The van der Waals surface area contributed by atoms with Gasteiger partial charge in [0, 0.05) is 24.6 Å². The van der Waals surface area contributed by atoms with Gasteiger partial charge in [0.15, 0.2) is 0 Å². The van der Waals surface area contributed by atoms with E-state index in [-0.39, 0.29) is 0 Å². The number of para-hydroxylation sites is 1. The Labute approximate surface area is 144 Å². The van der Waals surface area contributed by atoms with E-state index in [0.717, 1.165) is 53.8 Å². The van der Waals surface area contributed by atoms with Gasteiger partial charge >= 0.3 is 0 Å². The minimum Gasteiger partial charge on any atom is -0.381 e. The summed E-state index contributed by atoms with van der Waals surface area (Å²) in [6, 6.07) is 8.64. The molecule has 0 spiro atoms. The van der Waals surface area contributed by atoms with Crippen molar-refractivity contribution in [2.24, 2.45) is 5.10 Å². The number of hydrazone groups is 1. The van der Waals surface area contributed by atoms with Crippen molar-refractivity contribution in [2.45, 2.75) is 25.4 Å². The van der Waals surface area contributed by atoms with Crippen LogP contribution >= 0.6 is 0 Å². The van der Waals surface area contributed by atoms with Crippen molar-refractivity contribution in [1.29, 1.82) is 0 Å². The summed E-state index contributed by atoms with van der Waals surface area (Å²) in [5.41, 5.74) is 8.81. The van der Waals surface area contributed by atoms with Gasteiger partial charge in [-0.1, -0.05) is 18.2 Å². The molecular formula is C17H19N7O. The van der Waals surface area contributed by atoms with Gasteiger partial charge in [-0.25, -0.2) is 10.5 Å². The average molecular weight is 337 g/mol. The zero-order valence-electron chi connectivity index (χ0n) is 13.7. The summed E-state index contributed by atoms with van der Waals surface area (Å²) in [5, 5.41) is 7.00. The topological polar surface area (TPSA) is 79.6 Å². The number of pyridine rings is 1. The normalized spacial score (nSPS) is 18.3. The highest BCUT2D eigenvalue weighted by molar-refractivity contribution is 6.02. The first kappa shape index (κ1) is 14.6. The molecular weight excluding hydrogens is 318 g/mol. The molecule has 0 aliphatic carbocycles. The Bertz CT molecular complexity index is 945. The van der Waals surface area contributed by atoms with Crippen LogP contribution in [0.2, 0.25) is 0 Å². The molecule has 3 aromatic rings. The van der Waals surface area contributed by atoms with Gasteiger partial charge in [-0.3, -0.25) is 9.99 Å². The smallest absolute Gasteiger partial charge is 0.131 e. The van der Waals surface area contributed by atoms with Crippen molar-refractivity contribution in [3.05, 3.63) is 36.3 Å². The molecule has 0 saturated carbocycles. The van der Waals surface area contributed by atoms with Gasteiger partial charge < -0.3 is 9.30 Å². The highest BCUT2D eigenvalue weighted by atomic mass is 16.5. The number of aromatic nitrogens is 3. The number of hydrogen-bond acceptors (Lipinski definition) is 7. The average Bonchev–Trinajstić information content (AvgIpc) is 3.30. The summed E-state index contributed by atoms with van der Waals surface area (Å²) in [6.07, 6.45) is 5.59. The molecule has 8 nitrogen and oxygen atoms in total. The largest absolute Gasteiger partial charge is 0.381 e. The molecule has 2 N–H and O–H groups in total. The highest BCUT2D eigenvalue weighted by Gasteiger charge is 2.24. The fourth-order valence-electron chi connectivity index (χ4n) is 3.67. The van der Waals surface area contributed by atoms with E-state index < -0.39 is 0 Å². The van der Waals surface area contributed by atoms with Gasteiger partial charge in [0.1, 0.15) is 17.7 Å². The third-order valence-corrected chi connectivity index (χ3v) is 4.82. The highest BCUT2D eigenvalue weighted by Crippen LogP contribution is 2.32. The van der Waals surface area contributed by atoms with Crippen LogP contribution in [-0.2, 0) is 11.3 Å². The van der Waals surface area contributed by atoms with E-state index in [1.807, 2.05) is 23.3 Å². The lowest BCUT2D eigenvalue weighted by atomic mass is 10.1. The maximum absolute atomic E-state index is 5.57. The SMILES string of the molecule is C1=NNNN1Cc1nc2cnc3ccccc3c2n1C1CCOCC1. The second kappa shape index (κ2) is 5.98. The second-order valence-corrected chi connectivity index (χ2v) is 6.35. The van der Waals surface area contributed by atoms with Crippen LogP contribution < -0.4 is 11.1 Å². The molecule has 1 aromatic carbocycles. The molecule has 128 valence electrons. The molecule has 2 aliphatic rings. The number of rotatable bonds is 3. The van der Waals surface area contributed by atoms with Crippen molar-refractivity contribution < 1.29 is 4.74 Å². The number of benzene rings is 1. The lowest BCUT2D eigenvalue weighted by Gasteiger charge is -2.27. The van der Waals surface area contributed by atoms with E-state index in [1.54, 1.807) is 6.34 Å². The van der Waals surface area contributed by atoms with E-state index in [9.17, 15) is 0 Å². The van der Waals surface area contributed by atoms with Crippen LogP contribution in [-0.4, -0.2) is 39.1 Å². The molecule has 1 fully saturated rings. The Balaban J connectivity index is 1.71. The van der Waals surface area contributed by atoms with Crippen LogP contribution in [0, 0.1) is 0 Å². The number of nitrogens with zero attached hydrogens (tertiary/aromatic N) is 5. The van der Waals surface area contributed by atoms with Gasteiger partial charge in [0.25, 0.3) is 0 Å². The molecule has 2 aliphatic heterocycles. The summed E-state index contributed by atoms with van der Waals surface area (Å²) in [7, 11) is 0. The van der Waals surface area contributed by atoms with Crippen LogP contribution in [0.1, 0.15) is 24.7 Å². The number of imidazole rings is 1. The minimum atomic E-state index is 0.382. The quantitative estimate of drug-likeness (QED) is 0.757. The lowest BCUT2D eigenvalue weighted by molar-refractivity contribution is 0.0693. The third kappa shape index (κ3) is 2.50. The van der Waals surface area contributed by atoms with E-state index in [4.69, 9.17) is 9.72 Å². The van der Waals surface area contributed by atoms with Gasteiger partial charge in [-0.15, -0.1) is 5.53 Å². The van der Waals surface area contributed by atoms with Crippen LogP contribution in [0.15, 0.2) is 35.6 Å². The zero-order chi connectivity index (χ0) is 16.6. The fraction of sp³-hybridized carbons (Fsp3) is 0.353. The van der Waals surface area contributed by atoms with Gasteiger partial charge in [0.05, 0.1) is 23.8 Å². The molecule has 0 amide bonds. The van der Waals surface area contributed by atoms with E-state index in [2.05, 4.69) is 37.9 Å². The number of nitrogens with one attached hydrogen (secondary N) is 2. The molecule has 2 aromatic heterocycles. The summed E-state index contributed by atoms with van der Waals surface area (Å²) in [6.45, 7) is 2.20. The van der Waals surface area contributed by atoms with Crippen LogP contribution in [0.25, 0.3) is 21.9 Å². The number of hydrogen-bond donors (Lipinski definition) is 2. The Morgan fingerprint density at radius 3 is 2.88 bits per heavy atom. The Morgan fingerprint density at radius 2 is 2.04 bits per heavy atom. The maximum Gasteiger partial charge on any atom is 0.131 e. The lowest BCUT2D eigenvalue weighted by Crippen LogP contribution is -2.37. The molecule has 0 atom stereocenters. The molecule has 5 rings (SSSR count). The summed E-state index contributed by atoms with van der Waals surface area (Å²) < 4.78 is 7.96. The van der Waals surface area contributed by atoms with Crippen LogP contribution in [0.3, 0.4) is 0 Å². The van der Waals surface area contributed by atoms with Crippen LogP contribution in [0.4, 0.5) is 0 Å². The predicted octanol–water partition coefficient (Wildman–Crippen LogP) is 1.70. The van der Waals surface area contributed by atoms with E-state index in [0.29, 0.717) is 12.6 Å². The fourth-order valence-corrected chi connectivity index (χ4v) is 3.67. The van der Waals surface area contributed by atoms with Gasteiger partial charge in [0.2, 0.25) is 0 Å². The monoisotopic (exact) mass is 337 g/mol. The number of ether oxygens (including phenoxy) is 1. The Kier molecular flexibility index (Phi) is 3.50. The predicted molar refractivity (Wildman–Crippen MR) is 94.4 cm³/mol. The first-order valence-corrected chi connectivity index (χ1v) is 8.53. The standard InChI is InChI=1S/C17H19N7O/c1-2-4-14-13(3-1)17-15(9-18-14)20-16(10-23-11-19-21-22-23)24(17)12-5-7-25-8-6-12/h1-4,9,11-12,21-22H,5-8,10H2. The summed E-state index contributed by atoms with van der Waals surface area (Å²) in [4.78, 5) is 9.46. The summed E-state index contributed by atoms with van der Waals surface area (Å²) in [5.74, 6) is 1.00. The first-order chi connectivity index (χ1) is 12.4. The van der Waals surface area contributed by atoms with Crippen molar-refractivity contribution in [1.82, 2.24) is 30.6 Å². The number of fused-ring (bicyclic) bond motifs is 3. The molecule has 4 heterocycles.